The molecule has 0 fully saturated rings. The number of aliphatic hydroxyl groups excluding tert-OH is 1. The third kappa shape index (κ3) is 2.47. The molecule has 0 aliphatic rings. The molecule has 0 heterocycles. The average molecular weight is 195 g/mol. The third-order valence-corrected chi connectivity index (χ3v) is 1.69. The highest BCUT2D eigenvalue weighted by Crippen LogP contribution is 2.16. The zero-order chi connectivity index (χ0) is 10.6. The van der Waals surface area contributed by atoms with Crippen LogP contribution in [0.5, 0.6) is 5.75 Å². The average Bonchev–Trinajstić information content (AvgIpc) is 2.16. The lowest BCUT2D eigenvalue weighted by Crippen LogP contribution is -2.32. The highest BCUT2D eigenvalue weighted by Gasteiger charge is 2.11. The second-order valence-corrected chi connectivity index (χ2v) is 2.85. The zero-order valence-corrected chi connectivity index (χ0v) is 8.15. The predicted octanol–water partition coefficient (Wildman–Crippen LogP) is 0.763. The summed E-state index contributed by atoms with van der Waals surface area (Å²) in [6.07, 6.45) is -0.868. The van der Waals surface area contributed by atoms with Gasteiger partial charge in [-0.15, -0.1) is 0 Å². The van der Waals surface area contributed by atoms with Crippen LogP contribution in [0.15, 0.2) is 24.3 Å². The van der Waals surface area contributed by atoms with Gasteiger partial charge in [0.25, 0.3) is 5.91 Å². The number of methoxy groups -OCH3 is 1. The van der Waals surface area contributed by atoms with E-state index < -0.39 is 6.23 Å². The largest absolute Gasteiger partial charge is 0.496 e. The number of hydrogen-bond acceptors (Lipinski definition) is 3. The molecular weight excluding hydrogens is 182 g/mol. The number of amides is 1. The van der Waals surface area contributed by atoms with E-state index in [9.17, 15) is 4.79 Å². The standard InChI is InChI=1S/C10H13NO3/c1-7(12)11-10(13)8-5-3-4-6-9(8)14-2/h3-7,12H,1-2H3,(H,11,13). The molecule has 0 radical (unpaired) electrons. The SMILES string of the molecule is COc1ccccc1C(=O)NC(C)O. The van der Waals surface area contributed by atoms with Crippen molar-refractivity contribution >= 4 is 5.91 Å². The number of para-hydroxylation sites is 1. The molecule has 2 N–H and O–H groups in total. The first-order chi connectivity index (χ1) is 6.65. The molecule has 1 unspecified atom stereocenters. The first-order valence-electron chi connectivity index (χ1n) is 4.27. The smallest absolute Gasteiger partial charge is 0.257 e. The first kappa shape index (κ1) is 10.5. The number of carbonyl (C=O) groups excluding carboxylic acids is 1. The van der Waals surface area contributed by atoms with E-state index in [4.69, 9.17) is 9.84 Å². The minimum absolute atomic E-state index is 0.350. The van der Waals surface area contributed by atoms with Crippen LogP contribution in [0.3, 0.4) is 0 Å². The number of rotatable bonds is 3. The van der Waals surface area contributed by atoms with Crippen molar-refractivity contribution in [3.8, 4) is 5.75 Å². The van der Waals surface area contributed by atoms with Gasteiger partial charge in [0.2, 0.25) is 0 Å². The molecule has 4 nitrogen and oxygen atoms in total. The van der Waals surface area contributed by atoms with Gasteiger partial charge >= 0.3 is 0 Å². The van der Waals surface area contributed by atoms with Crippen LogP contribution < -0.4 is 10.1 Å². The summed E-state index contributed by atoms with van der Waals surface area (Å²) in [6.45, 7) is 1.48. The third-order valence-electron chi connectivity index (χ3n) is 1.69. The number of benzene rings is 1. The molecule has 1 rings (SSSR count). The predicted molar refractivity (Wildman–Crippen MR) is 52.1 cm³/mol. The Bertz CT molecular complexity index is 323. The first-order valence-corrected chi connectivity index (χ1v) is 4.27. The Morgan fingerprint density at radius 1 is 1.50 bits per heavy atom. The van der Waals surface area contributed by atoms with Gasteiger partial charge in [-0.3, -0.25) is 4.79 Å². The van der Waals surface area contributed by atoms with E-state index in [0.29, 0.717) is 11.3 Å². The second kappa shape index (κ2) is 4.62. The van der Waals surface area contributed by atoms with E-state index in [2.05, 4.69) is 5.32 Å². The lowest BCUT2D eigenvalue weighted by molar-refractivity contribution is 0.0816. The molecule has 1 aromatic rings. The van der Waals surface area contributed by atoms with Gasteiger partial charge in [0.05, 0.1) is 12.7 Å². The molecule has 1 atom stereocenters. The van der Waals surface area contributed by atoms with Crippen molar-refractivity contribution in [1.82, 2.24) is 5.32 Å². The molecule has 0 aliphatic carbocycles. The lowest BCUT2D eigenvalue weighted by atomic mass is 10.2. The van der Waals surface area contributed by atoms with E-state index in [1.54, 1.807) is 24.3 Å². The van der Waals surface area contributed by atoms with Gasteiger partial charge in [0.1, 0.15) is 12.0 Å². The van der Waals surface area contributed by atoms with Crippen molar-refractivity contribution in [2.45, 2.75) is 13.2 Å². The molecule has 0 saturated heterocycles. The second-order valence-electron chi connectivity index (χ2n) is 2.85. The van der Waals surface area contributed by atoms with E-state index in [1.807, 2.05) is 0 Å². The minimum atomic E-state index is -0.868. The van der Waals surface area contributed by atoms with Gasteiger partial charge in [-0.1, -0.05) is 12.1 Å². The normalized spacial score (nSPS) is 11.9. The Balaban J connectivity index is 2.88. The number of hydrogen-bond donors (Lipinski definition) is 2. The monoisotopic (exact) mass is 195 g/mol. The van der Waals surface area contributed by atoms with Crippen molar-refractivity contribution in [2.75, 3.05) is 7.11 Å². The van der Waals surface area contributed by atoms with E-state index >= 15 is 0 Å². The fourth-order valence-electron chi connectivity index (χ4n) is 1.10. The van der Waals surface area contributed by atoms with Crippen LogP contribution >= 0.6 is 0 Å². The number of nitrogens with one attached hydrogen (secondary N) is 1. The number of ether oxygens (including phenoxy) is 1. The summed E-state index contributed by atoms with van der Waals surface area (Å²) in [4.78, 5) is 11.5. The van der Waals surface area contributed by atoms with Crippen LogP contribution in [0, 0.1) is 0 Å². The molecule has 76 valence electrons. The maximum atomic E-state index is 11.5. The summed E-state index contributed by atoms with van der Waals surface area (Å²) in [6, 6.07) is 6.84. The van der Waals surface area contributed by atoms with E-state index in [1.165, 1.54) is 14.0 Å². The topological polar surface area (TPSA) is 58.6 Å². The molecular formula is C10H13NO3. The summed E-state index contributed by atoms with van der Waals surface area (Å²) in [5.74, 6) is 0.142. The molecule has 1 aromatic carbocycles. The Morgan fingerprint density at radius 2 is 2.14 bits per heavy atom. The molecule has 0 saturated carbocycles. The number of aliphatic hydroxyl groups is 1. The Kier molecular flexibility index (Phi) is 3.48. The zero-order valence-electron chi connectivity index (χ0n) is 8.15. The van der Waals surface area contributed by atoms with Crippen molar-refractivity contribution in [1.29, 1.82) is 0 Å². The summed E-state index contributed by atoms with van der Waals surface area (Å²) < 4.78 is 5.01. The van der Waals surface area contributed by atoms with Gasteiger partial charge in [0.15, 0.2) is 0 Å². The highest BCUT2D eigenvalue weighted by atomic mass is 16.5. The van der Waals surface area contributed by atoms with Crippen molar-refractivity contribution in [3.63, 3.8) is 0 Å². The van der Waals surface area contributed by atoms with Gasteiger partial charge in [-0.05, 0) is 19.1 Å². The quantitative estimate of drug-likeness (QED) is 0.700. The van der Waals surface area contributed by atoms with Crippen molar-refractivity contribution in [3.05, 3.63) is 29.8 Å². The summed E-state index contributed by atoms with van der Waals surface area (Å²) in [7, 11) is 1.49. The van der Waals surface area contributed by atoms with Crippen LogP contribution in [0.25, 0.3) is 0 Å². The maximum Gasteiger partial charge on any atom is 0.257 e. The fraction of sp³-hybridized carbons (Fsp3) is 0.300. The van der Waals surface area contributed by atoms with Crippen LogP contribution in [-0.4, -0.2) is 24.4 Å². The number of carbonyl (C=O) groups is 1. The van der Waals surface area contributed by atoms with Crippen molar-refractivity contribution < 1.29 is 14.6 Å². The fourth-order valence-corrected chi connectivity index (χ4v) is 1.10. The van der Waals surface area contributed by atoms with Crippen LogP contribution in [-0.2, 0) is 0 Å². The van der Waals surface area contributed by atoms with Crippen LogP contribution in [0.1, 0.15) is 17.3 Å². The highest BCUT2D eigenvalue weighted by molar-refractivity contribution is 5.96. The molecule has 0 aliphatic heterocycles. The molecule has 0 bridgehead atoms. The van der Waals surface area contributed by atoms with Gasteiger partial charge < -0.3 is 15.2 Å². The maximum absolute atomic E-state index is 11.5. The summed E-state index contributed by atoms with van der Waals surface area (Å²) >= 11 is 0. The molecule has 14 heavy (non-hydrogen) atoms. The van der Waals surface area contributed by atoms with E-state index in [0.717, 1.165) is 0 Å². The summed E-state index contributed by atoms with van der Waals surface area (Å²) in [5, 5.41) is 11.3. The molecule has 0 aromatic heterocycles. The Hall–Kier alpha value is -1.55. The van der Waals surface area contributed by atoms with Gasteiger partial charge in [0, 0.05) is 0 Å². The molecule has 4 heteroatoms. The molecule has 1 amide bonds. The Labute approximate surface area is 82.5 Å². The van der Waals surface area contributed by atoms with Crippen LogP contribution in [0.2, 0.25) is 0 Å². The lowest BCUT2D eigenvalue weighted by Gasteiger charge is -2.10. The van der Waals surface area contributed by atoms with Gasteiger partial charge in [-0.2, -0.15) is 0 Å². The van der Waals surface area contributed by atoms with Crippen molar-refractivity contribution in [2.24, 2.45) is 0 Å². The minimum Gasteiger partial charge on any atom is -0.496 e. The van der Waals surface area contributed by atoms with E-state index in [-0.39, 0.29) is 5.91 Å². The van der Waals surface area contributed by atoms with Crippen LogP contribution in [0.4, 0.5) is 0 Å². The summed E-state index contributed by atoms with van der Waals surface area (Å²) in [5.41, 5.74) is 0.413. The van der Waals surface area contributed by atoms with Gasteiger partial charge in [-0.25, -0.2) is 0 Å². The Morgan fingerprint density at radius 3 is 2.71 bits per heavy atom. The molecule has 0 spiro atoms.